The lowest BCUT2D eigenvalue weighted by molar-refractivity contribution is 0.0170. The fourth-order valence-corrected chi connectivity index (χ4v) is 3.74. The van der Waals surface area contributed by atoms with Gasteiger partial charge in [-0.1, -0.05) is 23.1 Å². The largest absolute Gasteiger partial charge is 0.444 e. The molecule has 2 aliphatic rings. The highest BCUT2D eigenvalue weighted by atomic mass is 31.0. The molecule has 1 spiro atoms. The Balaban J connectivity index is 1.88. The molecule has 1 N–H and O–H groups in total. The van der Waals surface area contributed by atoms with Crippen molar-refractivity contribution in [2.45, 2.75) is 59.5 Å². The monoisotopic (exact) mass is 339 g/mol. The van der Waals surface area contributed by atoms with Crippen LogP contribution in [0.5, 0.6) is 0 Å². The summed E-state index contributed by atoms with van der Waals surface area (Å²) in [6.45, 7) is 11.2. The fraction of sp³-hybridized carbons (Fsp3) is 0.824. The molecule has 2 unspecified atom stereocenters. The van der Waals surface area contributed by atoms with Gasteiger partial charge in [0.15, 0.2) is 0 Å². The van der Waals surface area contributed by atoms with Crippen LogP contribution in [-0.4, -0.2) is 41.0 Å². The van der Waals surface area contributed by atoms with Crippen LogP contribution in [0.4, 0.5) is 4.79 Å². The number of nitrogens with one attached hydrogen (secondary N) is 1. The van der Waals surface area contributed by atoms with Gasteiger partial charge in [0.1, 0.15) is 11.4 Å². The predicted octanol–water partition coefficient (Wildman–Crippen LogP) is 3.93. The van der Waals surface area contributed by atoms with E-state index in [2.05, 4.69) is 14.2 Å². The molecule has 2 atom stereocenters. The third-order valence-electron chi connectivity index (χ3n) is 4.75. The Bertz CT molecular complexity index is 514. The predicted molar refractivity (Wildman–Crippen MR) is 97.3 cm³/mol. The molecule has 2 rings (SSSR count). The van der Waals surface area contributed by atoms with E-state index >= 15 is 0 Å². The molecule has 0 aromatic carbocycles. The third kappa shape index (κ3) is 4.53. The van der Waals surface area contributed by atoms with E-state index in [1.54, 1.807) is 0 Å². The maximum Gasteiger partial charge on any atom is 0.410 e. The summed E-state index contributed by atoms with van der Waals surface area (Å²) < 4.78 is 5.45. The SMILES string of the molecule is CC(C)C(=N)N=C(P)C1CC12CCN(C(=O)OC(C)(C)C)CC2. The second kappa shape index (κ2) is 6.51. The Morgan fingerprint density at radius 3 is 2.39 bits per heavy atom. The number of amides is 1. The molecule has 1 amide bonds. The van der Waals surface area contributed by atoms with Gasteiger partial charge in [-0.25, -0.2) is 9.79 Å². The minimum absolute atomic E-state index is 0.161. The summed E-state index contributed by atoms with van der Waals surface area (Å²) in [7, 11) is 2.73. The van der Waals surface area contributed by atoms with Gasteiger partial charge < -0.3 is 9.64 Å². The lowest BCUT2D eigenvalue weighted by Gasteiger charge is -2.34. The number of rotatable bonds is 2. The van der Waals surface area contributed by atoms with E-state index in [4.69, 9.17) is 10.1 Å². The molecule has 1 aliphatic heterocycles. The van der Waals surface area contributed by atoms with Crippen LogP contribution in [0.25, 0.3) is 0 Å². The summed E-state index contributed by atoms with van der Waals surface area (Å²) in [4.78, 5) is 18.4. The summed E-state index contributed by atoms with van der Waals surface area (Å²) in [5.74, 6) is 1.06. The minimum Gasteiger partial charge on any atom is -0.444 e. The second-order valence-electron chi connectivity index (χ2n) is 8.16. The van der Waals surface area contributed by atoms with Crippen molar-refractivity contribution in [1.82, 2.24) is 4.90 Å². The van der Waals surface area contributed by atoms with Crippen LogP contribution in [0.1, 0.15) is 53.9 Å². The van der Waals surface area contributed by atoms with Crippen molar-refractivity contribution in [2.24, 2.45) is 22.2 Å². The van der Waals surface area contributed by atoms with E-state index in [-0.39, 0.29) is 17.4 Å². The number of ether oxygens (including phenoxy) is 1. The van der Waals surface area contributed by atoms with Crippen molar-refractivity contribution < 1.29 is 9.53 Å². The zero-order chi connectivity index (χ0) is 17.4. The zero-order valence-electron chi connectivity index (χ0n) is 15.0. The molecule has 6 heteroatoms. The molecule has 23 heavy (non-hydrogen) atoms. The lowest BCUT2D eigenvalue weighted by atomic mass is 9.91. The summed E-state index contributed by atoms with van der Waals surface area (Å²) in [5.41, 5.74) is 0.858. The van der Waals surface area contributed by atoms with Gasteiger partial charge in [-0.2, -0.15) is 0 Å². The van der Waals surface area contributed by atoms with E-state index in [0.717, 1.165) is 37.8 Å². The van der Waals surface area contributed by atoms with Gasteiger partial charge in [0.05, 0.1) is 0 Å². The van der Waals surface area contributed by atoms with Gasteiger partial charge in [-0.15, -0.1) is 0 Å². The smallest absolute Gasteiger partial charge is 0.410 e. The van der Waals surface area contributed by atoms with Crippen molar-refractivity contribution in [1.29, 1.82) is 5.41 Å². The first-order chi connectivity index (χ1) is 10.5. The highest BCUT2D eigenvalue weighted by Gasteiger charge is 2.56. The second-order valence-corrected chi connectivity index (χ2v) is 8.75. The maximum atomic E-state index is 12.1. The summed E-state index contributed by atoms with van der Waals surface area (Å²) in [6, 6.07) is 0. The van der Waals surface area contributed by atoms with Crippen molar-refractivity contribution >= 4 is 26.6 Å². The van der Waals surface area contributed by atoms with Crippen molar-refractivity contribution in [3.05, 3.63) is 0 Å². The molecule has 130 valence electrons. The van der Waals surface area contributed by atoms with Crippen LogP contribution in [-0.2, 0) is 4.74 Å². The number of hydrogen-bond acceptors (Lipinski definition) is 3. The topological polar surface area (TPSA) is 65.8 Å². The molecular weight excluding hydrogens is 309 g/mol. The Kier molecular flexibility index (Phi) is 5.20. The summed E-state index contributed by atoms with van der Waals surface area (Å²) in [6.07, 6.45) is 2.92. The highest BCUT2D eigenvalue weighted by Crippen LogP contribution is 2.60. The first-order valence-corrected chi connectivity index (χ1v) is 9.02. The Morgan fingerprint density at radius 2 is 1.91 bits per heavy atom. The number of aliphatic imine (C=N–C) groups is 1. The van der Waals surface area contributed by atoms with Crippen LogP contribution in [0.15, 0.2) is 4.99 Å². The number of likely N-dealkylation sites (tertiary alicyclic amines) is 1. The van der Waals surface area contributed by atoms with Crippen molar-refractivity contribution in [3.63, 3.8) is 0 Å². The lowest BCUT2D eigenvalue weighted by Crippen LogP contribution is -2.42. The number of carbonyl (C=O) groups excluding carboxylic acids is 1. The Labute approximate surface area is 142 Å². The van der Waals surface area contributed by atoms with E-state index in [1.165, 1.54) is 0 Å². The van der Waals surface area contributed by atoms with Crippen LogP contribution in [0, 0.1) is 22.7 Å². The molecular formula is C17H30N3O2P. The quantitative estimate of drug-likeness (QED) is 0.470. The van der Waals surface area contributed by atoms with Crippen molar-refractivity contribution in [3.8, 4) is 0 Å². The molecule has 1 saturated heterocycles. The number of piperidine rings is 1. The fourth-order valence-electron chi connectivity index (χ4n) is 3.13. The van der Waals surface area contributed by atoms with E-state index in [1.807, 2.05) is 39.5 Å². The average Bonchev–Trinajstić information content (AvgIpc) is 3.11. The van der Waals surface area contributed by atoms with Gasteiger partial charge in [-0.05, 0) is 45.4 Å². The average molecular weight is 339 g/mol. The van der Waals surface area contributed by atoms with Gasteiger partial charge in [-0.3, -0.25) is 5.41 Å². The van der Waals surface area contributed by atoms with Crippen LogP contribution in [0.2, 0.25) is 0 Å². The number of amidine groups is 1. The summed E-state index contributed by atoms with van der Waals surface area (Å²) >= 11 is 0. The number of nitrogens with zero attached hydrogens (tertiary/aromatic N) is 2. The molecule has 1 heterocycles. The van der Waals surface area contributed by atoms with Gasteiger partial charge in [0.2, 0.25) is 0 Å². The summed E-state index contributed by atoms with van der Waals surface area (Å²) in [5, 5.41) is 7.90. The highest BCUT2D eigenvalue weighted by molar-refractivity contribution is 7.41. The normalized spacial score (nSPS) is 24.0. The number of carbonyl (C=O) groups is 1. The minimum atomic E-state index is -0.439. The van der Waals surface area contributed by atoms with E-state index in [0.29, 0.717) is 11.8 Å². The van der Waals surface area contributed by atoms with Crippen LogP contribution in [0.3, 0.4) is 0 Å². The van der Waals surface area contributed by atoms with Gasteiger partial charge in [0, 0.05) is 30.4 Å². The van der Waals surface area contributed by atoms with Crippen LogP contribution >= 0.6 is 9.24 Å². The molecule has 1 saturated carbocycles. The Morgan fingerprint density at radius 1 is 1.35 bits per heavy atom. The standard InChI is InChI=1S/C17H30N3O2P/c1-11(2)13(18)19-14(23)12-10-17(12)6-8-20(9-7-17)15(21)22-16(3,4)5/h11-12,18H,6-10,23H2,1-5H3. The van der Waals surface area contributed by atoms with Gasteiger partial charge >= 0.3 is 6.09 Å². The first-order valence-electron chi connectivity index (χ1n) is 8.44. The molecule has 0 radical (unpaired) electrons. The molecule has 0 aromatic rings. The zero-order valence-corrected chi connectivity index (χ0v) is 16.1. The Hall–Kier alpha value is -0.960. The maximum absolute atomic E-state index is 12.1. The molecule has 2 fully saturated rings. The third-order valence-corrected chi connectivity index (χ3v) is 5.29. The molecule has 5 nitrogen and oxygen atoms in total. The van der Waals surface area contributed by atoms with Crippen LogP contribution < -0.4 is 0 Å². The first kappa shape index (κ1) is 18.4. The molecule has 0 aromatic heterocycles. The van der Waals surface area contributed by atoms with Crippen molar-refractivity contribution in [2.75, 3.05) is 13.1 Å². The van der Waals surface area contributed by atoms with E-state index < -0.39 is 5.60 Å². The molecule has 0 bridgehead atoms. The number of hydrogen-bond donors (Lipinski definition) is 1. The van der Waals surface area contributed by atoms with Gasteiger partial charge in [0.25, 0.3) is 0 Å². The molecule has 1 aliphatic carbocycles. The van der Waals surface area contributed by atoms with E-state index in [9.17, 15) is 4.79 Å².